The molecule has 246 valence electrons. The molecule has 1 aliphatic heterocycles. The van der Waals surface area contributed by atoms with E-state index in [0.29, 0.717) is 0 Å². The van der Waals surface area contributed by atoms with Crippen LogP contribution in [-0.2, 0) is 5.41 Å². The lowest BCUT2D eigenvalue weighted by molar-refractivity contribution is 0.425. The molecule has 52 heavy (non-hydrogen) atoms. The third-order valence-corrected chi connectivity index (χ3v) is 12.5. The molecule has 0 radical (unpaired) electrons. The molecule has 0 fully saturated rings. The number of hydrogen-bond acceptors (Lipinski definition) is 2. The van der Waals surface area contributed by atoms with Gasteiger partial charge in [0, 0.05) is 27.4 Å². The maximum Gasteiger partial charge on any atom is 0.114 e. The van der Waals surface area contributed by atoms with E-state index in [0.717, 1.165) is 12.1 Å². The zero-order chi connectivity index (χ0) is 34.1. The van der Waals surface area contributed by atoms with Gasteiger partial charge in [0.1, 0.15) is 12.3 Å². The van der Waals surface area contributed by atoms with Gasteiger partial charge in [0.05, 0.1) is 11.0 Å². The third kappa shape index (κ3) is 3.44. The summed E-state index contributed by atoms with van der Waals surface area (Å²) in [6.45, 7) is 2.38. The predicted molar refractivity (Wildman–Crippen MR) is 216 cm³/mol. The van der Waals surface area contributed by atoms with Crippen molar-refractivity contribution in [2.24, 2.45) is 0 Å². The molecule has 3 unspecified atom stereocenters. The topological polar surface area (TPSA) is 29.0 Å². The summed E-state index contributed by atoms with van der Waals surface area (Å²) in [5, 5.41) is 15.9. The minimum absolute atomic E-state index is 0.0993. The molecule has 0 saturated carbocycles. The number of benzene rings is 8. The zero-order valence-electron chi connectivity index (χ0n) is 28.8. The molecule has 12 rings (SSSR count). The van der Waals surface area contributed by atoms with Gasteiger partial charge in [0.15, 0.2) is 0 Å². The van der Waals surface area contributed by atoms with E-state index in [1.54, 1.807) is 0 Å². The molecule has 3 heteroatoms. The van der Waals surface area contributed by atoms with Crippen molar-refractivity contribution in [3.8, 4) is 22.3 Å². The fourth-order valence-electron chi connectivity index (χ4n) is 10.5. The monoisotopic (exact) mass is 665 g/mol. The Morgan fingerprint density at radius 2 is 1.21 bits per heavy atom. The van der Waals surface area contributed by atoms with E-state index in [-0.39, 0.29) is 17.7 Å². The van der Waals surface area contributed by atoms with Crippen LogP contribution in [0.25, 0.3) is 65.6 Å². The van der Waals surface area contributed by atoms with Crippen LogP contribution < -0.4 is 10.6 Å². The van der Waals surface area contributed by atoms with Crippen LogP contribution in [0.15, 0.2) is 158 Å². The minimum atomic E-state index is -0.163. The first-order valence-electron chi connectivity index (χ1n) is 18.6. The number of rotatable bonds is 3. The Morgan fingerprint density at radius 3 is 2.06 bits per heavy atom. The number of aromatic nitrogens is 1. The quantitative estimate of drug-likeness (QED) is 0.197. The normalized spacial score (nSPS) is 19.5. The van der Waals surface area contributed by atoms with Gasteiger partial charge in [-0.15, -0.1) is 0 Å². The van der Waals surface area contributed by atoms with Gasteiger partial charge in [-0.05, 0) is 90.7 Å². The Morgan fingerprint density at radius 1 is 0.558 bits per heavy atom. The number of fused-ring (bicyclic) bond motifs is 14. The van der Waals surface area contributed by atoms with E-state index < -0.39 is 0 Å². The molecule has 3 atom stereocenters. The number of hydrogen-bond donors (Lipinski definition) is 2. The molecule has 2 aliphatic carbocycles. The summed E-state index contributed by atoms with van der Waals surface area (Å²) >= 11 is 0. The molecule has 0 spiro atoms. The van der Waals surface area contributed by atoms with Crippen molar-refractivity contribution in [1.82, 2.24) is 9.88 Å². The smallest absolute Gasteiger partial charge is 0.114 e. The van der Waals surface area contributed by atoms with Gasteiger partial charge in [-0.1, -0.05) is 146 Å². The van der Waals surface area contributed by atoms with Crippen molar-refractivity contribution in [1.29, 1.82) is 0 Å². The van der Waals surface area contributed by atoms with Crippen LogP contribution in [0.1, 0.15) is 53.5 Å². The second kappa shape index (κ2) is 10.2. The van der Waals surface area contributed by atoms with Gasteiger partial charge in [0.2, 0.25) is 0 Å². The molecular weight excluding hydrogens is 631 g/mol. The predicted octanol–water partition coefficient (Wildman–Crippen LogP) is 12.1. The standard InChI is InChI=1S/C49H35N3/c1-2-49-38-23-10-7-19-33(38)37-28-42-45(44(46(37)49)35-20-8-11-24-39(35)49)43-32-18-6-4-15-30(32)26-27-41(43)52(42)48-36-21-9-12-25-40(36)50-47(51-48)34-22-13-16-29-14-3-5-17-31(29)34/h3-28,47-48,50-51H,2H2,1H3. The fraction of sp³-hybridized carbons (Fsp3) is 0.102. The van der Waals surface area contributed by atoms with Gasteiger partial charge >= 0.3 is 0 Å². The van der Waals surface area contributed by atoms with Crippen LogP contribution >= 0.6 is 0 Å². The highest BCUT2D eigenvalue weighted by molar-refractivity contribution is 6.27. The number of nitrogens with zero attached hydrogens (tertiary/aromatic N) is 1. The Balaban J connectivity index is 1.24. The van der Waals surface area contributed by atoms with Gasteiger partial charge in [-0.25, -0.2) is 0 Å². The second-order valence-electron chi connectivity index (χ2n) is 14.8. The lowest BCUT2D eigenvalue weighted by Crippen LogP contribution is -2.40. The summed E-state index contributed by atoms with van der Waals surface area (Å²) in [7, 11) is 0. The van der Waals surface area contributed by atoms with E-state index in [2.05, 4.69) is 180 Å². The van der Waals surface area contributed by atoms with Crippen LogP contribution in [0.2, 0.25) is 0 Å². The Labute approximate surface area is 302 Å². The Hall–Kier alpha value is -6.16. The summed E-state index contributed by atoms with van der Waals surface area (Å²) in [4.78, 5) is 0. The average Bonchev–Trinajstić information content (AvgIpc) is 3.81. The van der Waals surface area contributed by atoms with Crippen molar-refractivity contribution in [3.05, 3.63) is 186 Å². The van der Waals surface area contributed by atoms with Crippen molar-refractivity contribution in [3.63, 3.8) is 0 Å². The van der Waals surface area contributed by atoms with Crippen LogP contribution in [0, 0.1) is 0 Å². The third-order valence-electron chi connectivity index (χ3n) is 12.5. The molecule has 3 nitrogen and oxygen atoms in total. The van der Waals surface area contributed by atoms with E-state index in [1.165, 1.54) is 93.4 Å². The molecule has 2 heterocycles. The van der Waals surface area contributed by atoms with Crippen LogP contribution in [0.4, 0.5) is 5.69 Å². The maximum absolute atomic E-state index is 4.18. The Bertz CT molecular complexity index is 2980. The van der Waals surface area contributed by atoms with E-state index in [1.807, 2.05) is 0 Å². The summed E-state index contributed by atoms with van der Waals surface area (Å²) in [6.07, 6.45) is 0.789. The van der Waals surface area contributed by atoms with Gasteiger partial charge in [0.25, 0.3) is 0 Å². The molecule has 0 saturated heterocycles. The molecule has 1 aromatic heterocycles. The highest BCUT2D eigenvalue weighted by atomic mass is 15.3. The van der Waals surface area contributed by atoms with Crippen molar-refractivity contribution in [2.75, 3.05) is 5.32 Å². The lowest BCUT2D eigenvalue weighted by atomic mass is 9.73. The molecule has 0 bridgehead atoms. The summed E-state index contributed by atoms with van der Waals surface area (Å²) in [5.41, 5.74) is 15.9. The van der Waals surface area contributed by atoms with Crippen molar-refractivity contribution >= 4 is 49.0 Å². The fourth-order valence-corrected chi connectivity index (χ4v) is 10.5. The maximum atomic E-state index is 4.18. The molecule has 9 aromatic rings. The highest BCUT2D eigenvalue weighted by Crippen LogP contribution is 2.65. The first kappa shape index (κ1) is 28.5. The molecule has 8 aromatic carbocycles. The molecule has 0 amide bonds. The molecule has 3 aliphatic rings. The average molecular weight is 666 g/mol. The van der Waals surface area contributed by atoms with Gasteiger partial charge in [-0.2, -0.15) is 0 Å². The molecular formula is C49H35N3. The summed E-state index contributed by atoms with van der Waals surface area (Å²) in [5.74, 6) is 0. The van der Waals surface area contributed by atoms with E-state index in [9.17, 15) is 0 Å². The minimum Gasteiger partial charge on any atom is -0.366 e. The SMILES string of the molecule is CCC12c3ccccc3-c3cc4c(c(c31)-c1ccccc12)c1c2ccccc2ccc1n4C1NC(c2cccc3ccccc23)Nc2ccccc21. The van der Waals surface area contributed by atoms with Gasteiger partial charge < -0.3 is 9.88 Å². The van der Waals surface area contributed by atoms with E-state index >= 15 is 0 Å². The van der Waals surface area contributed by atoms with Crippen LogP contribution in [0.3, 0.4) is 0 Å². The summed E-state index contributed by atoms with van der Waals surface area (Å²) < 4.78 is 2.63. The largest absolute Gasteiger partial charge is 0.366 e. The number of nitrogens with one attached hydrogen (secondary N) is 2. The summed E-state index contributed by atoms with van der Waals surface area (Å²) in [6, 6.07) is 58.9. The molecule has 2 N–H and O–H groups in total. The van der Waals surface area contributed by atoms with E-state index in [4.69, 9.17) is 0 Å². The second-order valence-corrected chi connectivity index (χ2v) is 14.8. The van der Waals surface area contributed by atoms with Crippen LogP contribution in [0.5, 0.6) is 0 Å². The van der Waals surface area contributed by atoms with Crippen molar-refractivity contribution < 1.29 is 0 Å². The van der Waals surface area contributed by atoms with Gasteiger partial charge in [-0.3, -0.25) is 5.32 Å². The number of para-hydroxylation sites is 1. The number of anilines is 1. The first-order valence-corrected chi connectivity index (χ1v) is 18.6. The van der Waals surface area contributed by atoms with Crippen LogP contribution in [-0.4, -0.2) is 4.57 Å². The van der Waals surface area contributed by atoms with Crippen molar-refractivity contribution in [2.45, 2.75) is 31.1 Å². The lowest BCUT2D eigenvalue weighted by Gasteiger charge is -2.37. The first-order chi connectivity index (χ1) is 25.8. The Kier molecular flexibility index (Phi) is 5.61. The highest BCUT2D eigenvalue weighted by Gasteiger charge is 2.51. The zero-order valence-corrected chi connectivity index (χ0v) is 28.8.